The van der Waals surface area contributed by atoms with Crippen LogP contribution in [0.3, 0.4) is 0 Å². The molecule has 0 saturated carbocycles. The SMILES string of the molecule is NC(=O)c1cc(NC(=O)CCN2C(=O)c3ccc(Br)cc3C2=O)ccc1F. The lowest BCUT2D eigenvalue weighted by Gasteiger charge is -2.13. The van der Waals surface area contributed by atoms with Crippen LogP contribution in [0.15, 0.2) is 40.9 Å². The standard InChI is InChI=1S/C18H13BrFN3O4/c19-9-1-3-11-12(7-9)18(27)23(17(11)26)6-5-15(24)22-10-2-4-14(20)13(8-10)16(21)25/h1-4,7-8H,5-6H2,(H2,21,25)(H,22,24). The summed E-state index contributed by atoms with van der Waals surface area (Å²) < 4.78 is 14.1. The van der Waals surface area contributed by atoms with Crippen molar-refractivity contribution in [3.63, 3.8) is 0 Å². The molecule has 138 valence electrons. The van der Waals surface area contributed by atoms with E-state index in [1.165, 1.54) is 6.07 Å². The second-order valence-corrected chi connectivity index (χ2v) is 6.72. The van der Waals surface area contributed by atoms with E-state index in [4.69, 9.17) is 5.73 Å². The Morgan fingerprint density at radius 3 is 2.48 bits per heavy atom. The zero-order chi connectivity index (χ0) is 19.7. The highest BCUT2D eigenvalue weighted by Gasteiger charge is 2.35. The van der Waals surface area contributed by atoms with Crippen molar-refractivity contribution in [1.29, 1.82) is 0 Å². The summed E-state index contributed by atoms with van der Waals surface area (Å²) in [6.45, 7) is -0.111. The molecule has 0 fully saturated rings. The van der Waals surface area contributed by atoms with E-state index >= 15 is 0 Å². The number of nitrogens with one attached hydrogen (secondary N) is 1. The minimum atomic E-state index is -0.958. The maximum Gasteiger partial charge on any atom is 0.261 e. The molecule has 1 aliphatic heterocycles. The van der Waals surface area contributed by atoms with Crippen molar-refractivity contribution in [2.75, 3.05) is 11.9 Å². The molecule has 0 saturated heterocycles. The van der Waals surface area contributed by atoms with Crippen LogP contribution in [0.1, 0.15) is 37.5 Å². The minimum Gasteiger partial charge on any atom is -0.366 e. The van der Waals surface area contributed by atoms with Crippen molar-refractivity contribution >= 4 is 45.2 Å². The molecule has 7 nitrogen and oxygen atoms in total. The molecule has 0 bridgehead atoms. The van der Waals surface area contributed by atoms with E-state index in [1.54, 1.807) is 18.2 Å². The van der Waals surface area contributed by atoms with Gasteiger partial charge in [0, 0.05) is 23.1 Å². The summed E-state index contributed by atoms with van der Waals surface area (Å²) in [5.41, 5.74) is 5.46. The molecule has 1 heterocycles. The number of carbonyl (C=O) groups is 4. The monoisotopic (exact) mass is 433 g/mol. The summed E-state index contributed by atoms with van der Waals surface area (Å²) in [5, 5.41) is 2.48. The number of hydrogen-bond acceptors (Lipinski definition) is 4. The first-order valence-electron chi connectivity index (χ1n) is 7.83. The van der Waals surface area contributed by atoms with Gasteiger partial charge in [0.15, 0.2) is 0 Å². The lowest BCUT2D eigenvalue weighted by atomic mass is 10.1. The lowest BCUT2D eigenvalue weighted by Crippen LogP contribution is -2.32. The van der Waals surface area contributed by atoms with Crippen molar-refractivity contribution < 1.29 is 23.6 Å². The Morgan fingerprint density at radius 2 is 1.78 bits per heavy atom. The van der Waals surface area contributed by atoms with Gasteiger partial charge < -0.3 is 11.1 Å². The highest BCUT2D eigenvalue weighted by atomic mass is 79.9. The molecule has 0 atom stereocenters. The van der Waals surface area contributed by atoms with Gasteiger partial charge in [0.1, 0.15) is 5.82 Å². The van der Waals surface area contributed by atoms with Crippen molar-refractivity contribution in [1.82, 2.24) is 4.90 Å². The van der Waals surface area contributed by atoms with Crippen LogP contribution in [0, 0.1) is 5.82 Å². The van der Waals surface area contributed by atoms with E-state index in [0.717, 1.165) is 17.0 Å². The number of fused-ring (bicyclic) bond motifs is 1. The van der Waals surface area contributed by atoms with Crippen LogP contribution < -0.4 is 11.1 Å². The average molecular weight is 434 g/mol. The zero-order valence-electron chi connectivity index (χ0n) is 13.8. The van der Waals surface area contributed by atoms with Gasteiger partial charge in [-0.3, -0.25) is 24.1 Å². The Bertz CT molecular complexity index is 993. The van der Waals surface area contributed by atoms with Gasteiger partial charge in [-0.15, -0.1) is 0 Å². The Balaban J connectivity index is 1.65. The number of halogens is 2. The fourth-order valence-corrected chi connectivity index (χ4v) is 3.06. The largest absolute Gasteiger partial charge is 0.366 e. The van der Waals surface area contributed by atoms with Crippen LogP contribution >= 0.6 is 15.9 Å². The van der Waals surface area contributed by atoms with Crippen molar-refractivity contribution in [3.05, 3.63) is 63.4 Å². The number of nitrogens with zero attached hydrogens (tertiary/aromatic N) is 1. The number of nitrogens with two attached hydrogens (primary N) is 1. The lowest BCUT2D eigenvalue weighted by molar-refractivity contribution is -0.116. The van der Waals surface area contributed by atoms with Gasteiger partial charge in [-0.2, -0.15) is 0 Å². The Morgan fingerprint density at radius 1 is 1.07 bits per heavy atom. The van der Waals surface area contributed by atoms with E-state index < -0.39 is 29.4 Å². The average Bonchev–Trinajstić information content (AvgIpc) is 2.85. The van der Waals surface area contributed by atoms with Crippen molar-refractivity contribution in [2.24, 2.45) is 5.73 Å². The maximum atomic E-state index is 13.5. The highest BCUT2D eigenvalue weighted by molar-refractivity contribution is 9.10. The molecule has 3 rings (SSSR count). The highest BCUT2D eigenvalue weighted by Crippen LogP contribution is 2.26. The molecule has 3 N–H and O–H groups in total. The second-order valence-electron chi connectivity index (χ2n) is 5.81. The number of rotatable bonds is 5. The number of hydrogen-bond donors (Lipinski definition) is 2. The van der Waals surface area contributed by atoms with Crippen molar-refractivity contribution in [2.45, 2.75) is 6.42 Å². The van der Waals surface area contributed by atoms with E-state index in [0.29, 0.717) is 4.47 Å². The van der Waals surface area contributed by atoms with Crippen LogP contribution in [0.2, 0.25) is 0 Å². The third kappa shape index (κ3) is 3.72. The third-order valence-electron chi connectivity index (χ3n) is 4.01. The first kappa shape index (κ1) is 18.7. The van der Waals surface area contributed by atoms with E-state index in [2.05, 4.69) is 21.2 Å². The first-order valence-corrected chi connectivity index (χ1v) is 8.62. The summed E-state index contributed by atoms with van der Waals surface area (Å²) >= 11 is 3.25. The normalized spacial score (nSPS) is 12.9. The van der Waals surface area contributed by atoms with Crippen LogP contribution in [0.25, 0.3) is 0 Å². The summed E-state index contributed by atoms with van der Waals surface area (Å²) in [7, 11) is 0. The number of carbonyl (C=O) groups excluding carboxylic acids is 4. The van der Waals surface area contributed by atoms with Gasteiger partial charge in [-0.05, 0) is 36.4 Å². The van der Waals surface area contributed by atoms with Gasteiger partial charge in [0.2, 0.25) is 5.91 Å². The zero-order valence-corrected chi connectivity index (χ0v) is 15.4. The molecule has 2 aromatic rings. The molecule has 9 heteroatoms. The van der Waals surface area contributed by atoms with Gasteiger partial charge >= 0.3 is 0 Å². The number of imide groups is 1. The Labute approximate surface area is 161 Å². The number of anilines is 1. The molecular weight excluding hydrogens is 421 g/mol. The smallest absolute Gasteiger partial charge is 0.261 e. The Kier molecular flexibility index (Phi) is 5.04. The molecule has 27 heavy (non-hydrogen) atoms. The van der Waals surface area contributed by atoms with Crippen LogP contribution in [0.4, 0.5) is 10.1 Å². The fraction of sp³-hybridized carbons (Fsp3) is 0.111. The molecule has 2 aromatic carbocycles. The van der Waals surface area contributed by atoms with E-state index in [1.807, 2.05) is 0 Å². The van der Waals surface area contributed by atoms with Crippen LogP contribution in [0.5, 0.6) is 0 Å². The number of benzene rings is 2. The summed E-state index contributed by atoms with van der Waals surface area (Å²) in [6.07, 6.45) is -0.157. The number of primary amides is 1. The molecule has 0 aromatic heterocycles. The van der Waals surface area contributed by atoms with Gasteiger partial charge in [-0.1, -0.05) is 15.9 Å². The van der Waals surface area contributed by atoms with Gasteiger partial charge in [0.05, 0.1) is 16.7 Å². The van der Waals surface area contributed by atoms with Gasteiger partial charge in [0.25, 0.3) is 17.7 Å². The molecule has 0 radical (unpaired) electrons. The van der Waals surface area contributed by atoms with Crippen LogP contribution in [-0.4, -0.2) is 35.1 Å². The van der Waals surface area contributed by atoms with E-state index in [9.17, 15) is 23.6 Å². The van der Waals surface area contributed by atoms with Gasteiger partial charge in [-0.25, -0.2) is 4.39 Å². The predicted molar refractivity (Wildman–Crippen MR) is 97.7 cm³/mol. The maximum absolute atomic E-state index is 13.5. The first-order chi connectivity index (χ1) is 12.8. The van der Waals surface area contributed by atoms with Crippen molar-refractivity contribution in [3.8, 4) is 0 Å². The molecule has 1 aliphatic rings. The fourth-order valence-electron chi connectivity index (χ4n) is 2.69. The van der Waals surface area contributed by atoms with Crippen LogP contribution in [-0.2, 0) is 4.79 Å². The quantitative estimate of drug-likeness (QED) is 0.704. The topological polar surface area (TPSA) is 110 Å². The molecular formula is C18H13BrFN3O4. The minimum absolute atomic E-state index is 0.111. The molecule has 0 spiro atoms. The molecule has 0 aliphatic carbocycles. The Hall–Kier alpha value is -3.07. The predicted octanol–water partition coefficient (Wildman–Crippen LogP) is 2.31. The second kappa shape index (κ2) is 7.28. The summed E-state index contributed by atoms with van der Waals surface area (Å²) in [5.74, 6) is -3.19. The van der Waals surface area contributed by atoms with E-state index in [-0.39, 0.29) is 35.3 Å². The number of amides is 4. The molecule has 0 unspecified atom stereocenters. The molecule has 4 amide bonds. The summed E-state index contributed by atoms with van der Waals surface area (Å²) in [6, 6.07) is 8.17. The summed E-state index contributed by atoms with van der Waals surface area (Å²) in [4.78, 5) is 48.9. The third-order valence-corrected chi connectivity index (χ3v) is 4.50.